The quantitative estimate of drug-likeness (QED) is 0.222. The fourth-order valence-corrected chi connectivity index (χ4v) is 6.40. The van der Waals surface area contributed by atoms with Gasteiger partial charge in [-0.15, -0.1) is 0 Å². The van der Waals surface area contributed by atoms with Crippen LogP contribution in [0.3, 0.4) is 0 Å². The maximum absolute atomic E-state index is 13.8. The van der Waals surface area contributed by atoms with Crippen molar-refractivity contribution >= 4 is 23.7 Å². The third kappa shape index (κ3) is 7.77. The molecular formula is C31H46N4O8. The third-order valence-corrected chi connectivity index (χ3v) is 8.70. The predicted molar refractivity (Wildman–Crippen MR) is 158 cm³/mol. The molecule has 3 unspecified atom stereocenters. The molecule has 0 spiro atoms. The Morgan fingerprint density at radius 3 is 2.40 bits per heavy atom. The van der Waals surface area contributed by atoms with Gasteiger partial charge in [-0.3, -0.25) is 29.0 Å². The largest absolute Gasteiger partial charge is 0.493 e. The van der Waals surface area contributed by atoms with Crippen LogP contribution < -0.4 is 14.2 Å². The number of ether oxygens (including phenoxy) is 3. The fraction of sp³-hybridized carbons (Fsp3) is 0.677. The summed E-state index contributed by atoms with van der Waals surface area (Å²) in [6, 6.07) is 3.01. The van der Waals surface area contributed by atoms with Crippen LogP contribution in [0.15, 0.2) is 12.1 Å². The number of aliphatic carboxylic acids is 1. The second kappa shape index (κ2) is 14.9. The van der Waals surface area contributed by atoms with Gasteiger partial charge in [-0.05, 0) is 64.0 Å². The van der Waals surface area contributed by atoms with Crippen LogP contribution in [-0.4, -0.2) is 122 Å². The highest BCUT2D eigenvalue weighted by molar-refractivity contribution is 6.01. The molecule has 1 aromatic rings. The van der Waals surface area contributed by atoms with E-state index in [-0.39, 0.29) is 56.9 Å². The van der Waals surface area contributed by atoms with E-state index in [4.69, 9.17) is 14.2 Å². The molecule has 3 heterocycles. The van der Waals surface area contributed by atoms with Crippen molar-refractivity contribution in [2.24, 2.45) is 5.92 Å². The number of fused-ring (bicyclic) bond motifs is 1. The summed E-state index contributed by atoms with van der Waals surface area (Å²) < 4.78 is 16.7. The van der Waals surface area contributed by atoms with Crippen molar-refractivity contribution in [3.8, 4) is 17.2 Å². The zero-order valence-corrected chi connectivity index (χ0v) is 25.9. The maximum Gasteiger partial charge on any atom is 0.308 e. The van der Waals surface area contributed by atoms with E-state index >= 15 is 0 Å². The Hall–Kier alpha value is -3.38. The molecule has 3 atom stereocenters. The number of hydrogen-bond donors (Lipinski definition) is 1. The molecule has 238 valence electrons. The molecule has 0 aromatic heterocycles. The second-order valence-electron chi connectivity index (χ2n) is 11.9. The number of methoxy groups -OCH3 is 1. The minimum atomic E-state index is -0.993. The minimum absolute atomic E-state index is 0.0373. The summed E-state index contributed by atoms with van der Waals surface area (Å²) >= 11 is 0. The Kier molecular flexibility index (Phi) is 11.3. The first-order chi connectivity index (χ1) is 20.6. The van der Waals surface area contributed by atoms with Crippen LogP contribution in [0.1, 0.15) is 63.4 Å². The Morgan fingerprint density at radius 2 is 1.74 bits per heavy atom. The molecule has 12 heteroatoms. The van der Waals surface area contributed by atoms with Crippen LogP contribution in [0, 0.1) is 5.92 Å². The number of carboxylic acid groups (broad SMARTS) is 1. The van der Waals surface area contributed by atoms with E-state index in [1.807, 2.05) is 23.9 Å². The lowest BCUT2D eigenvalue weighted by molar-refractivity contribution is -0.144. The summed E-state index contributed by atoms with van der Waals surface area (Å²) in [7, 11) is 5.58. The summed E-state index contributed by atoms with van der Waals surface area (Å²) in [6.07, 6.45) is 4.32. The number of rotatable bonds is 16. The van der Waals surface area contributed by atoms with Crippen LogP contribution in [0.4, 0.5) is 0 Å². The number of imide groups is 1. The first-order valence-corrected chi connectivity index (χ1v) is 15.3. The number of likely N-dealkylation sites (tertiary alicyclic amines) is 2. The molecule has 43 heavy (non-hydrogen) atoms. The van der Waals surface area contributed by atoms with Crippen LogP contribution >= 0.6 is 0 Å². The number of amides is 3. The van der Waals surface area contributed by atoms with Crippen LogP contribution in [0.5, 0.6) is 17.2 Å². The Bertz CT molecular complexity index is 1160. The SMILES string of the molecule is CCCCN(CCCCN(C)C)C(=O)CN1CC(c2cc(OC)c3c(c2)OCO3)C(C(=O)O)C1CCN1C(=O)CCC1=O. The molecule has 0 bridgehead atoms. The number of carboxylic acids is 1. The van der Waals surface area contributed by atoms with Crippen molar-refractivity contribution < 1.29 is 38.5 Å². The van der Waals surface area contributed by atoms with E-state index < -0.39 is 23.8 Å². The van der Waals surface area contributed by atoms with Gasteiger partial charge in [0.25, 0.3) is 0 Å². The van der Waals surface area contributed by atoms with Crippen molar-refractivity contribution in [1.82, 2.24) is 19.6 Å². The summed E-state index contributed by atoms with van der Waals surface area (Å²) in [4.78, 5) is 58.6. The van der Waals surface area contributed by atoms with Crippen LogP contribution in [-0.2, 0) is 19.2 Å². The smallest absolute Gasteiger partial charge is 0.308 e. The normalized spacial score (nSPS) is 21.7. The first-order valence-electron chi connectivity index (χ1n) is 15.3. The number of nitrogens with zero attached hydrogens (tertiary/aromatic N) is 4. The summed E-state index contributed by atoms with van der Waals surface area (Å²) in [5.74, 6) is -1.44. The summed E-state index contributed by atoms with van der Waals surface area (Å²) in [5.41, 5.74) is 0.716. The molecule has 3 aliphatic heterocycles. The van der Waals surface area contributed by atoms with Crippen molar-refractivity contribution in [1.29, 1.82) is 0 Å². The van der Waals surface area contributed by atoms with Gasteiger partial charge in [-0.2, -0.15) is 0 Å². The van der Waals surface area contributed by atoms with E-state index in [9.17, 15) is 24.3 Å². The third-order valence-electron chi connectivity index (χ3n) is 8.70. The molecule has 0 radical (unpaired) electrons. The van der Waals surface area contributed by atoms with E-state index in [0.717, 1.165) is 32.2 Å². The average molecular weight is 603 g/mol. The molecular weight excluding hydrogens is 556 g/mol. The molecule has 2 saturated heterocycles. The lowest BCUT2D eigenvalue weighted by atomic mass is 9.84. The van der Waals surface area contributed by atoms with E-state index in [2.05, 4.69) is 11.8 Å². The van der Waals surface area contributed by atoms with Gasteiger partial charge in [0.2, 0.25) is 30.3 Å². The Balaban J connectivity index is 1.59. The Labute approximate surface area is 253 Å². The molecule has 0 saturated carbocycles. The van der Waals surface area contributed by atoms with Gasteiger partial charge in [0, 0.05) is 51.0 Å². The van der Waals surface area contributed by atoms with Gasteiger partial charge in [0.1, 0.15) is 0 Å². The molecule has 12 nitrogen and oxygen atoms in total. The summed E-state index contributed by atoms with van der Waals surface area (Å²) in [5, 5.41) is 10.5. The second-order valence-corrected chi connectivity index (χ2v) is 11.9. The van der Waals surface area contributed by atoms with Gasteiger partial charge >= 0.3 is 5.97 Å². The average Bonchev–Trinajstić information content (AvgIpc) is 3.68. The standard InChI is InChI=1S/C31H46N4O8/c1-5-6-13-33(14-8-7-12-32(2)3)28(38)19-34-18-22(21-16-24(41-4)30-25(17-21)42-20-43-30)29(31(39)40)23(34)11-15-35-26(36)9-10-27(35)37/h16-17,22-23,29H,5-15,18-20H2,1-4H3,(H,39,40). The van der Waals surface area contributed by atoms with E-state index in [1.165, 1.54) is 12.0 Å². The van der Waals surface area contributed by atoms with Crippen molar-refractivity contribution in [2.45, 2.75) is 63.8 Å². The predicted octanol–water partition coefficient (Wildman–Crippen LogP) is 2.40. The van der Waals surface area contributed by atoms with E-state index in [0.29, 0.717) is 42.4 Å². The highest BCUT2D eigenvalue weighted by Crippen LogP contribution is 2.47. The molecule has 3 aliphatic rings. The van der Waals surface area contributed by atoms with E-state index in [1.54, 1.807) is 12.1 Å². The molecule has 4 rings (SSSR count). The first kappa shape index (κ1) is 32.5. The highest BCUT2D eigenvalue weighted by Gasteiger charge is 2.48. The zero-order valence-electron chi connectivity index (χ0n) is 25.9. The number of hydrogen-bond acceptors (Lipinski definition) is 9. The van der Waals surface area contributed by atoms with Gasteiger partial charge in [0.05, 0.1) is 19.6 Å². The van der Waals surface area contributed by atoms with Gasteiger partial charge < -0.3 is 29.1 Å². The van der Waals surface area contributed by atoms with Crippen molar-refractivity contribution in [3.63, 3.8) is 0 Å². The fourth-order valence-electron chi connectivity index (χ4n) is 6.40. The molecule has 3 amide bonds. The number of benzene rings is 1. The monoisotopic (exact) mass is 602 g/mol. The summed E-state index contributed by atoms with van der Waals surface area (Å²) in [6.45, 7) is 4.88. The lowest BCUT2D eigenvalue weighted by Crippen LogP contribution is -2.46. The highest BCUT2D eigenvalue weighted by atomic mass is 16.7. The molecule has 1 aromatic carbocycles. The van der Waals surface area contributed by atoms with Crippen molar-refractivity contribution in [3.05, 3.63) is 17.7 Å². The minimum Gasteiger partial charge on any atom is -0.493 e. The Morgan fingerprint density at radius 1 is 1.05 bits per heavy atom. The van der Waals surface area contributed by atoms with Crippen molar-refractivity contribution in [2.75, 3.05) is 67.3 Å². The number of unbranched alkanes of at least 4 members (excludes halogenated alkanes) is 2. The number of carbonyl (C=O) groups is 4. The molecule has 0 aliphatic carbocycles. The van der Waals surface area contributed by atoms with Gasteiger partial charge in [-0.1, -0.05) is 13.3 Å². The van der Waals surface area contributed by atoms with Gasteiger partial charge in [0.15, 0.2) is 11.5 Å². The van der Waals surface area contributed by atoms with Crippen LogP contribution in [0.2, 0.25) is 0 Å². The zero-order chi connectivity index (χ0) is 31.1. The topological polar surface area (TPSA) is 129 Å². The molecule has 2 fully saturated rings. The number of carbonyl (C=O) groups excluding carboxylic acids is 3. The lowest BCUT2D eigenvalue weighted by Gasteiger charge is -2.30. The molecule has 1 N–H and O–H groups in total. The maximum atomic E-state index is 13.8. The van der Waals surface area contributed by atoms with Crippen LogP contribution in [0.25, 0.3) is 0 Å². The van der Waals surface area contributed by atoms with Gasteiger partial charge in [-0.25, -0.2) is 0 Å².